The number of rotatable bonds is 4. The van der Waals surface area contributed by atoms with E-state index in [1.807, 2.05) is 74.9 Å². The highest BCUT2D eigenvalue weighted by molar-refractivity contribution is 6.08. The van der Waals surface area contributed by atoms with E-state index < -0.39 is 0 Å². The van der Waals surface area contributed by atoms with Crippen LogP contribution in [0, 0.1) is 13.8 Å². The number of nitrogens with one attached hydrogen (secondary N) is 1. The maximum atomic E-state index is 12.6. The fourth-order valence-corrected chi connectivity index (χ4v) is 2.83. The molecule has 0 radical (unpaired) electrons. The number of aromatic nitrogens is 2. The Morgan fingerprint density at radius 2 is 1.88 bits per heavy atom. The summed E-state index contributed by atoms with van der Waals surface area (Å²) in [4.78, 5) is 19.2. The monoisotopic (exact) mass is 322 g/mol. The molecule has 0 aliphatic rings. The van der Waals surface area contributed by atoms with E-state index in [4.69, 9.17) is 0 Å². The number of nitrogens with zero attached hydrogens (tertiary/aromatic N) is 3. The van der Waals surface area contributed by atoms with Crippen LogP contribution in [0.15, 0.2) is 42.6 Å². The number of aryl methyl sites for hydroxylation is 2. The molecule has 0 atom stereocenters. The summed E-state index contributed by atoms with van der Waals surface area (Å²) >= 11 is 0. The van der Waals surface area contributed by atoms with Crippen LogP contribution in [0.25, 0.3) is 5.65 Å². The van der Waals surface area contributed by atoms with Crippen molar-refractivity contribution < 1.29 is 4.79 Å². The number of hydrogen-bond acceptors (Lipinski definition) is 3. The quantitative estimate of drug-likeness (QED) is 0.802. The minimum Gasteiger partial charge on any atom is -0.322 e. The molecule has 0 spiro atoms. The first-order valence-electron chi connectivity index (χ1n) is 7.94. The number of carbonyl (C=O) groups is 1. The van der Waals surface area contributed by atoms with Crippen LogP contribution in [0.2, 0.25) is 0 Å². The Balaban J connectivity index is 1.82. The van der Waals surface area contributed by atoms with E-state index in [9.17, 15) is 4.79 Å². The van der Waals surface area contributed by atoms with E-state index >= 15 is 0 Å². The van der Waals surface area contributed by atoms with Gasteiger partial charge in [-0.3, -0.25) is 4.79 Å². The van der Waals surface area contributed by atoms with Gasteiger partial charge in [-0.2, -0.15) is 0 Å². The molecule has 0 saturated carbocycles. The largest absolute Gasteiger partial charge is 0.322 e. The van der Waals surface area contributed by atoms with Crippen LogP contribution < -0.4 is 5.32 Å². The molecule has 1 amide bonds. The lowest BCUT2D eigenvalue weighted by Gasteiger charge is -2.10. The summed E-state index contributed by atoms with van der Waals surface area (Å²) < 4.78 is 1.93. The second kappa shape index (κ2) is 6.45. The third-order valence-electron chi connectivity index (χ3n) is 3.89. The van der Waals surface area contributed by atoms with Gasteiger partial charge in [0.1, 0.15) is 5.65 Å². The minimum atomic E-state index is -0.143. The predicted octanol–water partition coefficient (Wildman–Crippen LogP) is 3.27. The standard InChI is InChI=1S/C19H22N4O/c1-13-11-14(2)23-10-9-17(18(23)20-13)19(24)21-16-7-5-15(6-8-16)12-22(3)4/h5-11H,12H2,1-4H3,(H,21,24). The van der Waals surface area contributed by atoms with Gasteiger partial charge in [-0.05, 0) is 57.8 Å². The maximum Gasteiger partial charge on any atom is 0.259 e. The SMILES string of the molecule is Cc1cc(C)n2ccc(C(=O)Nc3ccc(CN(C)C)cc3)c2n1. The van der Waals surface area contributed by atoms with Crippen LogP contribution in [0.4, 0.5) is 5.69 Å². The van der Waals surface area contributed by atoms with Crippen molar-refractivity contribution in [2.75, 3.05) is 19.4 Å². The van der Waals surface area contributed by atoms with Crippen LogP contribution >= 0.6 is 0 Å². The van der Waals surface area contributed by atoms with Gasteiger partial charge in [-0.1, -0.05) is 12.1 Å². The van der Waals surface area contributed by atoms with Gasteiger partial charge in [0, 0.05) is 29.8 Å². The number of amides is 1. The third-order valence-corrected chi connectivity index (χ3v) is 3.89. The fourth-order valence-electron chi connectivity index (χ4n) is 2.83. The molecule has 3 rings (SSSR count). The van der Waals surface area contributed by atoms with E-state index in [2.05, 4.69) is 15.2 Å². The Labute approximate surface area is 141 Å². The van der Waals surface area contributed by atoms with E-state index in [1.54, 1.807) is 0 Å². The second-order valence-electron chi connectivity index (χ2n) is 6.35. The van der Waals surface area contributed by atoms with Gasteiger partial charge in [-0.25, -0.2) is 4.98 Å². The highest BCUT2D eigenvalue weighted by atomic mass is 16.1. The van der Waals surface area contributed by atoms with Gasteiger partial charge < -0.3 is 14.6 Å². The number of hydrogen-bond donors (Lipinski definition) is 1. The molecule has 2 aromatic heterocycles. The molecule has 3 aromatic rings. The molecule has 124 valence electrons. The summed E-state index contributed by atoms with van der Waals surface area (Å²) in [5, 5.41) is 2.95. The van der Waals surface area contributed by atoms with E-state index in [0.717, 1.165) is 23.6 Å². The van der Waals surface area contributed by atoms with E-state index in [-0.39, 0.29) is 5.91 Å². The molecule has 0 fully saturated rings. The number of benzene rings is 1. The van der Waals surface area contributed by atoms with Crippen LogP contribution in [0.5, 0.6) is 0 Å². The van der Waals surface area contributed by atoms with Crippen molar-refractivity contribution in [2.45, 2.75) is 20.4 Å². The Morgan fingerprint density at radius 3 is 2.54 bits per heavy atom. The first kappa shape index (κ1) is 16.2. The molecule has 24 heavy (non-hydrogen) atoms. The molecule has 2 heterocycles. The highest BCUT2D eigenvalue weighted by Gasteiger charge is 2.14. The normalized spacial score (nSPS) is 11.2. The Morgan fingerprint density at radius 1 is 1.17 bits per heavy atom. The summed E-state index contributed by atoms with van der Waals surface area (Å²) in [5.41, 5.74) is 5.23. The van der Waals surface area contributed by atoms with Crippen molar-refractivity contribution >= 4 is 17.2 Å². The molecule has 1 aromatic carbocycles. The Kier molecular flexibility index (Phi) is 4.36. The molecule has 5 heteroatoms. The molecule has 5 nitrogen and oxygen atoms in total. The summed E-state index contributed by atoms with van der Waals surface area (Å²) in [6.45, 7) is 4.82. The third kappa shape index (κ3) is 3.31. The van der Waals surface area contributed by atoms with Gasteiger partial charge in [0.2, 0.25) is 0 Å². The average Bonchev–Trinajstić information content (AvgIpc) is 2.93. The lowest BCUT2D eigenvalue weighted by atomic mass is 10.2. The minimum absolute atomic E-state index is 0.143. The zero-order valence-corrected chi connectivity index (χ0v) is 14.5. The van der Waals surface area contributed by atoms with E-state index in [1.165, 1.54) is 5.56 Å². The average molecular weight is 322 g/mol. The van der Waals surface area contributed by atoms with Gasteiger partial charge >= 0.3 is 0 Å². The molecule has 0 saturated heterocycles. The first-order valence-corrected chi connectivity index (χ1v) is 7.94. The summed E-state index contributed by atoms with van der Waals surface area (Å²) in [5.74, 6) is -0.143. The molecule has 0 aliphatic heterocycles. The van der Waals surface area contributed by atoms with E-state index in [0.29, 0.717) is 11.2 Å². The van der Waals surface area contributed by atoms with Crippen LogP contribution in [0.3, 0.4) is 0 Å². The van der Waals surface area contributed by atoms with Crippen molar-refractivity contribution in [3.63, 3.8) is 0 Å². The highest BCUT2D eigenvalue weighted by Crippen LogP contribution is 2.17. The molecule has 1 N–H and O–H groups in total. The molecular weight excluding hydrogens is 300 g/mol. The Hall–Kier alpha value is -2.66. The lowest BCUT2D eigenvalue weighted by Crippen LogP contribution is -2.13. The Bertz CT molecular complexity index is 878. The van der Waals surface area contributed by atoms with Crippen molar-refractivity contribution in [1.82, 2.24) is 14.3 Å². The molecular formula is C19H22N4O. The van der Waals surface area contributed by atoms with Crippen LogP contribution in [0.1, 0.15) is 27.3 Å². The number of fused-ring (bicyclic) bond motifs is 1. The van der Waals surface area contributed by atoms with Gasteiger partial charge in [0.15, 0.2) is 0 Å². The zero-order valence-electron chi connectivity index (χ0n) is 14.5. The number of anilines is 1. The maximum absolute atomic E-state index is 12.6. The van der Waals surface area contributed by atoms with Crippen molar-refractivity contribution in [3.8, 4) is 0 Å². The summed E-state index contributed by atoms with van der Waals surface area (Å²) in [6.07, 6.45) is 1.88. The predicted molar refractivity (Wildman–Crippen MR) is 96.5 cm³/mol. The van der Waals surface area contributed by atoms with Crippen LogP contribution in [-0.2, 0) is 6.54 Å². The first-order chi connectivity index (χ1) is 11.4. The second-order valence-corrected chi connectivity index (χ2v) is 6.35. The smallest absolute Gasteiger partial charge is 0.259 e. The van der Waals surface area contributed by atoms with Crippen molar-refractivity contribution in [2.24, 2.45) is 0 Å². The van der Waals surface area contributed by atoms with Crippen molar-refractivity contribution in [1.29, 1.82) is 0 Å². The van der Waals surface area contributed by atoms with Crippen LogP contribution in [-0.4, -0.2) is 34.3 Å². The van der Waals surface area contributed by atoms with Gasteiger partial charge in [-0.15, -0.1) is 0 Å². The van der Waals surface area contributed by atoms with Gasteiger partial charge in [0.25, 0.3) is 5.91 Å². The van der Waals surface area contributed by atoms with Crippen molar-refractivity contribution in [3.05, 3.63) is 65.1 Å². The topological polar surface area (TPSA) is 49.6 Å². The number of carbonyl (C=O) groups excluding carboxylic acids is 1. The summed E-state index contributed by atoms with van der Waals surface area (Å²) in [7, 11) is 4.07. The summed E-state index contributed by atoms with van der Waals surface area (Å²) in [6, 6.07) is 11.7. The molecule has 0 unspecified atom stereocenters. The van der Waals surface area contributed by atoms with Gasteiger partial charge in [0.05, 0.1) is 5.56 Å². The zero-order chi connectivity index (χ0) is 17.3. The molecule has 0 bridgehead atoms. The molecule has 0 aliphatic carbocycles. The fraction of sp³-hybridized carbons (Fsp3) is 0.263. The lowest BCUT2D eigenvalue weighted by molar-refractivity contribution is 0.102.